The summed E-state index contributed by atoms with van der Waals surface area (Å²) in [7, 11) is 2.21. The number of hydrogen-bond acceptors (Lipinski definition) is 3. The lowest BCUT2D eigenvalue weighted by atomic mass is 9.89. The predicted molar refractivity (Wildman–Crippen MR) is 96.4 cm³/mol. The van der Waals surface area contributed by atoms with Gasteiger partial charge in [-0.05, 0) is 44.5 Å². The molecule has 4 rings (SSSR count). The third kappa shape index (κ3) is 2.97. The third-order valence-corrected chi connectivity index (χ3v) is 5.64. The van der Waals surface area contributed by atoms with Gasteiger partial charge >= 0.3 is 0 Å². The lowest BCUT2D eigenvalue weighted by Gasteiger charge is -2.34. The zero-order valence-electron chi connectivity index (χ0n) is 14.4. The van der Waals surface area contributed by atoms with E-state index in [0.717, 1.165) is 26.2 Å². The van der Waals surface area contributed by atoms with Crippen LogP contribution in [0.5, 0.6) is 0 Å². The molecule has 4 nitrogen and oxygen atoms in total. The van der Waals surface area contributed by atoms with Gasteiger partial charge in [0.05, 0.1) is 11.0 Å². The van der Waals surface area contributed by atoms with E-state index >= 15 is 0 Å². The maximum absolute atomic E-state index is 4.95. The second-order valence-corrected chi connectivity index (χ2v) is 7.41. The molecule has 1 aromatic heterocycles. The van der Waals surface area contributed by atoms with Gasteiger partial charge in [-0.15, -0.1) is 0 Å². The fourth-order valence-corrected chi connectivity index (χ4v) is 4.11. The monoisotopic (exact) mass is 312 g/mol. The molecule has 0 amide bonds. The Hall–Kier alpha value is -1.55. The summed E-state index contributed by atoms with van der Waals surface area (Å²) in [6, 6.07) is 4.63. The minimum Gasteiger partial charge on any atom is -0.369 e. The first-order valence-corrected chi connectivity index (χ1v) is 9.14. The van der Waals surface area contributed by atoms with Crippen LogP contribution in [-0.2, 0) is 0 Å². The van der Waals surface area contributed by atoms with Gasteiger partial charge in [0.25, 0.3) is 0 Å². The number of imidazole rings is 1. The predicted octanol–water partition coefficient (Wildman–Crippen LogP) is 3.67. The van der Waals surface area contributed by atoms with Crippen molar-refractivity contribution in [3.8, 4) is 0 Å². The van der Waals surface area contributed by atoms with Gasteiger partial charge in [0, 0.05) is 37.8 Å². The second kappa shape index (κ2) is 6.16. The number of nitrogens with one attached hydrogen (secondary N) is 1. The molecule has 124 valence electrons. The van der Waals surface area contributed by atoms with E-state index in [0.29, 0.717) is 5.92 Å². The van der Waals surface area contributed by atoms with Gasteiger partial charge in [0.2, 0.25) is 0 Å². The van der Waals surface area contributed by atoms with Crippen LogP contribution in [0.4, 0.5) is 5.69 Å². The van der Waals surface area contributed by atoms with Crippen LogP contribution < -0.4 is 4.90 Å². The van der Waals surface area contributed by atoms with E-state index in [-0.39, 0.29) is 0 Å². The summed E-state index contributed by atoms with van der Waals surface area (Å²) in [5.41, 5.74) is 5.04. The number of piperazine rings is 1. The minimum absolute atomic E-state index is 0.641. The molecule has 1 aromatic carbocycles. The fraction of sp³-hybridized carbons (Fsp3) is 0.632. The number of aryl methyl sites for hydroxylation is 1. The van der Waals surface area contributed by atoms with Gasteiger partial charge in [0.15, 0.2) is 0 Å². The summed E-state index contributed by atoms with van der Waals surface area (Å²) < 4.78 is 0. The Morgan fingerprint density at radius 2 is 1.78 bits per heavy atom. The van der Waals surface area contributed by atoms with E-state index in [1.54, 1.807) is 0 Å². The Bertz CT molecular complexity index is 676. The highest BCUT2D eigenvalue weighted by Crippen LogP contribution is 2.33. The van der Waals surface area contributed by atoms with Crippen molar-refractivity contribution in [3.05, 3.63) is 23.5 Å². The number of aromatic nitrogens is 2. The number of fused-ring (bicyclic) bond motifs is 1. The van der Waals surface area contributed by atoms with Crippen LogP contribution in [0.2, 0.25) is 0 Å². The lowest BCUT2D eigenvalue weighted by Crippen LogP contribution is -2.44. The molecular formula is C19H28N4. The van der Waals surface area contributed by atoms with Crippen LogP contribution in [-0.4, -0.2) is 48.1 Å². The van der Waals surface area contributed by atoms with Crippen molar-refractivity contribution in [1.82, 2.24) is 14.9 Å². The number of rotatable bonds is 2. The molecule has 1 aliphatic carbocycles. The first-order chi connectivity index (χ1) is 11.2. The first kappa shape index (κ1) is 15.0. The van der Waals surface area contributed by atoms with Crippen molar-refractivity contribution >= 4 is 16.7 Å². The van der Waals surface area contributed by atoms with Crippen LogP contribution >= 0.6 is 0 Å². The van der Waals surface area contributed by atoms with E-state index in [9.17, 15) is 0 Å². The number of aromatic amines is 1. The number of likely N-dealkylation sites (N-methyl/N-ethyl adjacent to an activating group) is 1. The zero-order valence-corrected chi connectivity index (χ0v) is 14.4. The first-order valence-electron chi connectivity index (χ1n) is 9.14. The highest BCUT2D eigenvalue weighted by atomic mass is 15.2. The Labute approximate surface area is 138 Å². The van der Waals surface area contributed by atoms with E-state index < -0.39 is 0 Å². The Morgan fingerprint density at radius 3 is 2.52 bits per heavy atom. The van der Waals surface area contributed by atoms with Crippen molar-refractivity contribution in [2.75, 3.05) is 38.1 Å². The molecule has 2 heterocycles. The minimum atomic E-state index is 0.641. The fourth-order valence-electron chi connectivity index (χ4n) is 4.11. The smallest absolute Gasteiger partial charge is 0.110 e. The SMILES string of the molecule is Cc1cc(N2CCN(C)CC2)cc2[nH]c(C3CCCCC3)nc12. The van der Waals surface area contributed by atoms with Crippen LogP contribution in [0.15, 0.2) is 12.1 Å². The third-order valence-electron chi connectivity index (χ3n) is 5.64. The van der Waals surface area contributed by atoms with Gasteiger partial charge in [-0.2, -0.15) is 0 Å². The molecule has 0 unspecified atom stereocenters. The molecule has 1 N–H and O–H groups in total. The number of benzene rings is 1. The summed E-state index contributed by atoms with van der Waals surface area (Å²) >= 11 is 0. The summed E-state index contributed by atoms with van der Waals surface area (Å²) in [6.07, 6.45) is 6.69. The lowest BCUT2D eigenvalue weighted by molar-refractivity contribution is 0.313. The molecule has 2 aliphatic rings. The number of anilines is 1. The summed E-state index contributed by atoms with van der Waals surface area (Å²) in [5.74, 6) is 1.86. The Kier molecular flexibility index (Phi) is 4.02. The van der Waals surface area contributed by atoms with Crippen molar-refractivity contribution in [1.29, 1.82) is 0 Å². The molecule has 4 heteroatoms. The topological polar surface area (TPSA) is 35.2 Å². The number of nitrogens with zero attached hydrogens (tertiary/aromatic N) is 3. The van der Waals surface area contributed by atoms with Gasteiger partial charge in [-0.25, -0.2) is 4.98 Å². The molecular weight excluding hydrogens is 284 g/mol. The molecule has 0 radical (unpaired) electrons. The highest BCUT2D eigenvalue weighted by Gasteiger charge is 2.21. The van der Waals surface area contributed by atoms with E-state index in [1.807, 2.05) is 0 Å². The average Bonchev–Trinajstić information content (AvgIpc) is 3.01. The van der Waals surface area contributed by atoms with Crippen LogP contribution in [0.25, 0.3) is 11.0 Å². The summed E-state index contributed by atoms with van der Waals surface area (Å²) in [5, 5.41) is 0. The van der Waals surface area contributed by atoms with Gasteiger partial charge in [-0.3, -0.25) is 0 Å². The van der Waals surface area contributed by atoms with Gasteiger partial charge in [0.1, 0.15) is 5.82 Å². The summed E-state index contributed by atoms with van der Waals surface area (Å²) in [4.78, 5) is 13.5. The van der Waals surface area contributed by atoms with Crippen molar-refractivity contribution in [3.63, 3.8) is 0 Å². The van der Waals surface area contributed by atoms with Crippen LogP contribution in [0.3, 0.4) is 0 Å². The largest absolute Gasteiger partial charge is 0.369 e. The van der Waals surface area contributed by atoms with Gasteiger partial charge < -0.3 is 14.8 Å². The summed E-state index contributed by atoms with van der Waals surface area (Å²) in [6.45, 7) is 6.73. The van der Waals surface area contributed by atoms with Crippen molar-refractivity contribution in [2.45, 2.75) is 44.9 Å². The molecule has 23 heavy (non-hydrogen) atoms. The zero-order chi connectivity index (χ0) is 15.8. The van der Waals surface area contributed by atoms with E-state index in [1.165, 1.54) is 60.2 Å². The molecule has 1 saturated carbocycles. The van der Waals surface area contributed by atoms with E-state index in [4.69, 9.17) is 4.98 Å². The molecule has 2 aromatic rings. The van der Waals surface area contributed by atoms with E-state index in [2.05, 4.69) is 40.9 Å². The molecule has 1 aliphatic heterocycles. The Morgan fingerprint density at radius 1 is 1.04 bits per heavy atom. The molecule has 2 fully saturated rings. The molecule has 1 saturated heterocycles. The van der Waals surface area contributed by atoms with Crippen molar-refractivity contribution in [2.24, 2.45) is 0 Å². The second-order valence-electron chi connectivity index (χ2n) is 7.41. The maximum Gasteiger partial charge on any atom is 0.110 e. The average molecular weight is 312 g/mol. The number of hydrogen-bond donors (Lipinski definition) is 1. The molecule has 0 bridgehead atoms. The van der Waals surface area contributed by atoms with Gasteiger partial charge in [-0.1, -0.05) is 19.3 Å². The quantitative estimate of drug-likeness (QED) is 0.919. The molecule has 0 spiro atoms. The molecule has 0 atom stereocenters. The maximum atomic E-state index is 4.95. The Balaban J connectivity index is 1.64. The van der Waals surface area contributed by atoms with Crippen LogP contribution in [0.1, 0.15) is 49.4 Å². The van der Waals surface area contributed by atoms with Crippen molar-refractivity contribution < 1.29 is 0 Å². The normalized spacial score (nSPS) is 21.2. The van der Waals surface area contributed by atoms with Crippen LogP contribution in [0, 0.1) is 6.92 Å². The highest BCUT2D eigenvalue weighted by molar-refractivity contribution is 5.83. The standard InChI is InChI=1S/C19H28N4/c1-14-12-16(23-10-8-22(2)9-11-23)13-17-18(14)21-19(20-17)15-6-4-3-5-7-15/h12-13,15H,3-11H2,1-2H3,(H,20,21). The number of H-pyrrole nitrogens is 1.